The minimum absolute atomic E-state index is 0.0305. The standard InChI is InChI=1S/C17H17NO5/c1-11-10-22-15(12-5-3-2-4-6-12)9-18(11)16(19)13-7-8-14(23-13)17(20)21/h2-8,11,15H,9-10H2,1H3,(H,20,21). The minimum Gasteiger partial charge on any atom is -0.475 e. The van der Waals surface area contributed by atoms with Gasteiger partial charge < -0.3 is 19.2 Å². The van der Waals surface area contributed by atoms with Gasteiger partial charge in [-0.3, -0.25) is 4.79 Å². The number of aromatic carboxylic acids is 1. The van der Waals surface area contributed by atoms with Crippen LogP contribution in [0.1, 0.15) is 39.7 Å². The number of carboxylic acid groups (broad SMARTS) is 1. The maximum Gasteiger partial charge on any atom is 0.371 e. The van der Waals surface area contributed by atoms with Crippen molar-refractivity contribution in [2.75, 3.05) is 13.2 Å². The molecule has 0 bridgehead atoms. The molecular formula is C17H17NO5. The van der Waals surface area contributed by atoms with E-state index >= 15 is 0 Å². The number of furan rings is 1. The van der Waals surface area contributed by atoms with E-state index < -0.39 is 5.97 Å². The van der Waals surface area contributed by atoms with Gasteiger partial charge >= 0.3 is 5.97 Å². The molecular weight excluding hydrogens is 298 g/mol. The molecule has 0 spiro atoms. The van der Waals surface area contributed by atoms with Gasteiger partial charge in [0.05, 0.1) is 19.2 Å². The predicted octanol–water partition coefficient (Wildman–Crippen LogP) is 2.58. The van der Waals surface area contributed by atoms with E-state index in [0.29, 0.717) is 13.2 Å². The molecule has 2 aromatic rings. The van der Waals surface area contributed by atoms with Gasteiger partial charge in [-0.15, -0.1) is 0 Å². The van der Waals surface area contributed by atoms with Crippen molar-refractivity contribution in [3.63, 3.8) is 0 Å². The lowest BCUT2D eigenvalue weighted by atomic mass is 10.1. The Morgan fingerprint density at radius 3 is 2.48 bits per heavy atom. The van der Waals surface area contributed by atoms with E-state index in [4.69, 9.17) is 14.3 Å². The molecule has 23 heavy (non-hydrogen) atoms. The lowest BCUT2D eigenvalue weighted by Gasteiger charge is -2.37. The molecule has 0 aliphatic carbocycles. The van der Waals surface area contributed by atoms with Gasteiger partial charge in [0.25, 0.3) is 5.91 Å². The molecule has 1 aromatic carbocycles. The number of carbonyl (C=O) groups is 2. The topological polar surface area (TPSA) is 80.0 Å². The van der Waals surface area contributed by atoms with E-state index in [1.807, 2.05) is 37.3 Å². The summed E-state index contributed by atoms with van der Waals surface area (Å²) in [6.45, 7) is 2.70. The maximum atomic E-state index is 12.6. The van der Waals surface area contributed by atoms with Crippen molar-refractivity contribution in [3.05, 3.63) is 59.5 Å². The monoisotopic (exact) mass is 315 g/mol. The molecule has 2 unspecified atom stereocenters. The van der Waals surface area contributed by atoms with E-state index in [1.54, 1.807) is 4.90 Å². The first-order valence-corrected chi connectivity index (χ1v) is 7.37. The Morgan fingerprint density at radius 2 is 1.83 bits per heavy atom. The number of hydrogen-bond donors (Lipinski definition) is 1. The highest BCUT2D eigenvalue weighted by Crippen LogP contribution is 2.26. The summed E-state index contributed by atoms with van der Waals surface area (Å²) in [5.74, 6) is -1.73. The highest BCUT2D eigenvalue weighted by molar-refractivity contribution is 5.93. The molecule has 1 aliphatic heterocycles. The second-order valence-electron chi connectivity index (χ2n) is 5.51. The number of hydrogen-bond acceptors (Lipinski definition) is 4. The van der Waals surface area contributed by atoms with E-state index in [-0.39, 0.29) is 29.6 Å². The summed E-state index contributed by atoms with van der Waals surface area (Å²) in [6, 6.07) is 12.3. The molecule has 1 fully saturated rings. The lowest BCUT2D eigenvalue weighted by Crippen LogP contribution is -2.48. The smallest absolute Gasteiger partial charge is 0.371 e. The summed E-state index contributed by atoms with van der Waals surface area (Å²) < 4.78 is 10.9. The van der Waals surface area contributed by atoms with Crippen LogP contribution in [0.4, 0.5) is 0 Å². The van der Waals surface area contributed by atoms with Crippen LogP contribution in [-0.4, -0.2) is 41.1 Å². The van der Waals surface area contributed by atoms with Gasteiger partial charge in [-0.2, -0.15) is 0 Å². The second-order valence-corrected chi connectivity index (χ2v) is 5.51. The number of rotatable bonds is 3. The Kier molecular flexibility index (Phi) is 4.16. The normalized spacial score (nSPS) is 21.2. The summed E-state index contributed by atoms with van der Waals surface area (Å²) >= 11 is 0. The number of carbonyl (C=O) groups excluding carboxylic acids is 1. The second kappa shape index (κ2) is 6.26. The van der Waals surface area contributed by atoms with Gasteiger partial charge in [0.15, 0.2) is 5.76 Å². The number of carboxylic acids is 1. The number of nitrogens with zero attached hydrogens (tertiary/aromatic N) is 1. The Morgan fingerprint density at radius 1 is 1.13 bits per heavy atom. The summed E-state index contributed by atoms with van der Waals surface area (Å²) in [4.78, 5) is 25.1. The quantitative estimate of drug-likeness (QED) is 0.941. The third-order valence-electron chi connectivity index (χ3n) is 3.89. The van der Waals surface area contributed by atoms with Gasteiger partial charge in [-0.05, 0) is 24.6 Å². The summed E-state index contributed by atoms with van der Waals surface area (Å²) in [5.41, 5.74) is 1.00. The zero-order valence-corrected chi connectivity index (χ0v) is 12.6. The predicted molar refractivity (Wildman–Crippen MR) is 81.3 cm³/mol. The molecule has 1 saturated heterocycles. The Labute approximate surface area is 133 Å². The number of benzene rings is 1. The molecule has 1 N–H and O–H groups in total. The van der Waals surface area contributed by atoms with Crippen LogP contribution in [0, 0.1) is 0 Å². The molecule has 6 heteroatoms. The average Bonchev–Trinajstić information content (AvgIpc) is 3.06. The number of morpholine rings is 1. The van der Waals surface area contributed by atoms with E-state index in [0.717, 1.165) is 5.56 Å². The Hall–Kier alpha value is -2.60. The van der Waals surface area contributed by atoms with Gasteiger partial charge in [0.1, 0.15) is 6.10 Å². The molecule has 0 radical (unpaired) electrons. The van der Waals surface area contributed by atoms with Gasteiger partial charge in [0, 0.05) is 0 Å². The fraction of sp³-hybridized carbons (Fsp3) is 0.294. The first-order chi connectivity index (χ1) is 11.1. The van der Waals surface area contributed by atoms with Crippen molar-refractivity contribution in [3.8, 4) is 0 Å². The molecule has 2 atom stereocenters. The third-order valence-corrected chi connectivity index (χ3v) is 3.89. The average molecular weight is 315 g/mol. The van der Waals surface area contributed by atoms with E-state index in [9.17, 15) is 9.59 Å². The van der Waals surface area contributed by atoms with Crippen LogP contribution in [0.5, 0.6) is 0 Å². The molecule has 1 amide bonds. The van der Waals surface area contributed by atoms with Crippen LogP contribution in [-0.2, 0) is 4.74 Å². The molecule has 1 aromatic heterocycles. The van der Waals surface area contributed by atoms with Crippen molar-refractivity contribution in [1.82, 2.24) is 4.90 Å². The summed E-state index contributed by atoms with van der Waals surface area (Å²) in [5, 5.41) is 8.89. The molecule has 3 rings (SSSR count). The van der Waals surface area contributed by atoms with Crippen LogP contribution in [0.15, 0.2) is 46.9 Å². The number of ether oxygens (including phenoxy) is 1. The molecule has 2 heterocycles. The zero-order chi connectivity index (χ0) is 16.4. The van der Waals surface area contributed by atoms with Crippen molar-refractivity contribution in [1.29, 1.82) is 0 Å². The van der Waals surface area contributed by atoms with Crippen LogP contribution < -0.4 is 0 Å². The van der Waals surface area contributed by atoms with Crippen molar-refractivity contribution < 1.29 is 23.8 Å². The fourth-order valence-corrected chi connectivity index (χ4v) is 2.62. The Balaban J connectivity index is 1.79. The first-order valence-electron chi connectivity index (χ1n) is 7.37. The molecule has 120 valence electrons. The van der Waals surface area contributed by atoms with E-state index in [1.165, 1.54) is 12.1 Å². The number of amides is 1. The van der Waals surface area contributed by atoms with Crippen LogP contribution in [0.25, 0.3) is 0 Å². The van der Waals surface area contributed by atoms with Crippen LogP contribution >= 0.6 is 0 Å². The van der Waals surface area contributed by atoms with Crippen LogP contribution in [0.3, 0.4) is 0 Å². The van der Waals surface area contributed by atoms with Gasteiger partial charge in [0.2, 0.25) is 5.76 Å². The maximum absolute atomic E-state index is 12.6. The Bertz CT molecular complexity index is 709. The van der Waals surface area contributed by atoms with Gasteiger partial charge in [-0.25, -0.2) is 4.79 Å². The highest BCUT2D eigenvalue weighted by Gasteiger charge is 2.32. The molecule has 0 saturated carbocycles. The van der Waals surface area contributed by atoms with Crippen molar-refractivity contribution in [2.24, 2.45) is 0 Å². The SMILES string of the molecule is CC1COC(c2ccccc2)CN1C(=O)c1ccc(C(=O)O)o1. The van der Waals surface area contributed by atoms with Crippen molar-refractivity contribution in [2.45, 2.75) is 19.1 Å². The highest BCUT2D eigenvalue weighted by atomic mass is 16.5. The third kappa shape index (κ3) is 3.12. The lowest BCUT2D eigenvalue weighted by molar-refractivity contribution is -0.0495. The summed E-state index contributed by atoms with van der Waals surface area (Å²) in [7, 11) is 0. The van der Waals surface area contributed by atoms with Crippen molar-refractivity contribution >= 4 is 11.9 Å². The zero-order valence-electron chi connectivity index (χ0n) is 12.6. The largest absolute Gasteiger partial charge is 0.475 e. The fourth-order valence-electron chi connectivity index (χ4n) is 2.62. The van der Waals surface area contributed by atoms with E-state index in [2.05, 4.69) is 0 Å². The van der Waals surface area contributed by atoms with Crippen LogP contribution in [0.2, 0.25) is 0 Å². The summed E-state index contributed by atoms with van der Waals surface area (Å²) in [6.07, 6.45) is -0.203. The van der Waals surface area contributed by atoms with Gasteiger partial charge in [-0.1, -0.05) is 30.3 Å². The molecule has 1 aliphatic rings. The minimum atomic E-state index is -1.19. The molecule has 6 nitrogen and oxygen atoms in total. The first kappa shape index (κ1) is 15.3.